The Morgan fingerprint density at radius 3 is 1.96 bits per heavy atom. The Hall–Kier alpha value is -0.270. The molecule has 2 heterocycles. The van der Waals surface area contributed by atoms with Gasteiger partial charge in [-0.1, -0.05) is 6.92 Å². The molecule has 6 atom stereocenters. The van der Waals surface area contributed by atoms with Crippen molar-refractivity contribution in [2.24, 2.45) is 0 Å². The Kier molecular flexibility index (Phi) is 8.92. The smallest absolute Gasteiger partial charge is 0.264 e. The predicted octanol–water partition coefficient (Wildman–Crippen LogP) is 0.887. The summed E-state index contributed by atoms with van der Waals surface area (Å²) in [5, 5.41) is 9.05. The van der Waals surface area contributed by atoms with Crippen molar-refractivity contribution in [2.45, 2.75) is 88.9 Å². The molecule has 2 fully saturated rings. The molecule has 0 aliphatic carbocycles. The van der Waals surface area contributed by atoms with Gasteiger partial charge in [-0.15, -0.1) is 0 Å². The lowest BCUT2D eigenvalue weighted by atomic mass is 10.1. The second-order valence-corrected chi connectivity index (χ2v) is 10.2. The second-order valence-electron chi connectivity index (χ2n) is 7.77. The third kappa shape index (κ3) is 7.86. The largest absolute Gasteiger partial charge is 0.394 e. The van der Waals surface area contributed by atoms with Crippen LogP contribution >= 0.6 is 12.6 Å². The highest BCUT2D eigenvalue weighted by atomic mass is 32.2. The lowest BCUT2D eigenvalue weighted by molar-refractivity contribution is -0.154. The standard InChI is InChI=1S/C9H16O6S.C8H16O3S/c1-6(15-16(4,11)12)8-7(5-10)13-9(2,3)14-8;1-5(12)7-6(4-9)10-8(2,3)11-7/h5-8H,1-4H3;5-7,9,12H,4H2,1-3H3/t6-,7+,8-;5-,6-,7+/m10/s1. The van der Waals surface area contributed by atoms with Gasteiger partial charge in [0.1, 0.15) is 30.5 Å². The van der Waals surface area contributed by atoms with E-state index in [9.17, 15) is 13.2 Å². The molecule has 0 bridgehead atoms. The van der Waals surface area contributed by atoms with E-state index in [1.54, 1.807) is 13.8 Å². The van der Waals surface area contributed by atoms with Gasteiger partial charge in [0.2, 0.25) is 0 Å². The lowest BCUT2D eigenvalue weighted by Gasteiger charge is -2.20. The minimum absolute atomic E-state index is 0.0149. The molecule has 0 amide bonds. The van der Waals surface area contributed by atoms with Gasteiger partial charge in [0, 0.05) is 5.25 Å². The zero-order valence-electron chi connectivity index (χ0n) is 17.3. The monoisotopic (exact) mass is 444 g/mol. The van der Waals surface area contributed by atoms with Gasteiger partial charge in [0.05, 0.1) is 12.9 Å². The van der Waals surface area contributed by atoms with E-state index in [1.807, 2.05) is 20.8 Å². The van der Waals surface area contributed by atoms with Crippen LogP contribution in [0.25, 0.3) is 0 Å². The minimum Gasteiger partial charge on any atom is -0.394 e. The molecule has 28 heavy (non-hydrogen) atoms. The van der Waals surface area contributed by atoms with Crippen LogP contribution in [0.5, 0.6) is 0 Å². The highest BCUT2D eigenvalue weighted by Crippen LogP contribution is 2.31. The summed E-state index contributed by atoms with van der Waals surface area (Å²) in [6.45, 7) is 10.4. The third-order valence-electron chi connectivity index (χ3n) is 3.96. The van der Waals surface area contributed by atoms with Crippen molar-refractivity contribution in [1.82, 2.24) is 0 Å². The molecule has 0 aromatic heterocycles. The third-order valence-corrected chi connectivity index (χ3v) is 4.91. The number of ether oxygens (including phenoxy) is 4. The van der Waals surface area contributed by atoms with Crippen LogP contribution in [0.3, 0.4) is 0 Å². The van der Waals surface area contributed by atoms with Gasteiger partial charge in [-0.2, -0.15) is 21.0 Å². The summed E-state index contributed by atoms with van der Waals surface area (Å²) in [5.41, 5.74) is 0. The van der Waals surface area contributed by atoms with Crippen LogP contribution in [0.1, 0.15) is 41.5 Å². The van der Waals surface area contributed by atoms with Crippen LogP contribution < -0.4 is 0 Å². The average Bonchev–Trinajstić information content (AvgIpc) is 3.01. The van der Waals surface area contributed by atoms with Crippen molar-refractivity contribution in [3.8, 4) is 0 Å². The Bertz CT molecular complexity index is 618. The maximum absolute atomic E-state index is 10.9. The number of carbonyl (C=O) groups is 1. The molecule has 9 nitrogen and oxygen atoms in total. The summed E-state index contributed by atoms with van der Waals surface area (Å²) in [6.07, 6.45) is -1.14. The summed E-state index contributed by atoms with van der Waals surface area (Å²) < 4.78 is 48.4. The Labute approximate surface area is 172 Å². The maximum Gasteiger partial charge on any atom is 0.264 e. The molecule has 0 radical (unpaired) electrons. The zero-order valence-corrected chi connectivity index (χ0v) is 19.0. The van der Waals surface area contributed by atoms with E-state index in [2.05, 4.69) is 12.6 Å². The molecule has 2 aliphatic heterocycles. The number of aliphatic hydroxyl groups excluding tert-OH is 1. The molecule has 0 saturated carbocycles. The highest BCUT2D eigenvalue weighted by molar-refractivity contribution is 7.86. The van der Waals surface area contributed by atoms with Gasteiger partial charge in [0.15, 0.2) is 17.9 Å². The first kappa shape index (κ1) is 25.8. The molecule has 0 aromatic rings. The predicted molar refractivity (Wildman–Crippen MR) is 105 cm³/mol. The number of hydrogen-bond donors (Lipinski definition) is 2. The number of rotatable bonds is 6. The quantitative estimate of drug-likeness (QED) is 0.350. The molecule has 0 aromatic carbocycles. The Morgan fingerprint density at radius 2 is 1.57 bits per heavy atom. The number of aliphatic hydroxyl groups is 1. The fourth-order valence-electron chi connectivity index (χ4n) is 3.03. The van der Waals surface area contributed by atoms with E-state index >= 15 is 0 Å². The van der Waals surface area contributed by atoms with E-state index in [0.717, 1.165) is 6.26 Å². The topological polar surface area (TPSA) is 118 Å². The van der Waals surface area contributed by atoms with E-state index < -0.39 is 40.0 Å². The zero-order chi connectivity index (χ0) is 21.9. The van der Waals surface area contributed by atoms with E-state index in [4.69, 9.17) is 28.2 Å². The van der Waals surface area contributed by atoms with Crippen LogP contribution in [-0.4, -0.2) is 80.0 Å². The maximum atomic E-state index is 10.9. The first-order chi connectivity index (χ1) is 12.6. The van der Waals surface area contributed by atoms with Crippen LogP contribution in [0, 0.1) is 0 Å². The van der Waals surface area contributed by atoms with Crippen LogP contribution in [0.4, 0.5) is 0 Å². The van der Waals surface area contributed by atoms with Crippen molar-refractivity contribution >= 4 is 29.0 Å². The van der Waals surface area contributed by atoms with Gasteiger partial charge < -0.3 is 28.8 Å². The van der Waals surface area contributed by atoms with Crippen molar-refractivity contribution in [1.29, 1.82) is 0 Å². The van der Waals surface area contributed by atoms with Crippen molar-refractivity contribution in [3.05, 3.63) is 0 Å². The number of aldehydes is 1. The van der Waals surface area contributed by atoms with Crippen molar-refractivity contribution in [3.63, 3.8) is 0 Å². The SMILES string of the molecule is C[C@@H](OS(C)(=O)=O)[C@H]1OC(C)(C)O[C@H]1C=O.C[C@H](S)[C@H]1OC(C)(C)O[C@H]1CO. The summed E-state index contributed by atoms with van der Waals surface area (Å²) in [5.74, 6) is -1.50. The molecule has 11 heteroatoms. The first-order valence-corrected chi connectivity index (χ1v) is 11.3. The minimum atomic E-state index is -3.58. The lowest BCUT2D eigenvalue weighted by Crippen LogP contribution is -2.37. The number of hydrogen-bond acceptors (Lipinski definition) is 10. The van der Waals surface area contributed by atoms with Gasteiger partial charge in [-0.3, -0.25) is 4.18 Å². The van der Waals surface area contributed by atoms with Crippen LogP contribution in [0.2, 0.25) is 0 Å². The molecule has 2 saturated heterocycles. The molecule has 1 N–H and O–H groups in total. The average molecular weight is 445 g/mol. The Balaban J connectivity index is 0.000000292. The van der Waals surface area contributed by atoms with Gasteiger partial charge >= 0.3 is 0 Å². The molecular weight excluding hydrogens is 412 g/mol. The summed E-state index contributed by atoms with van der Waals surface area (Å²) in [6, 6.07) is 0. The first-order valence-electron chi connectivity index (χ1n) is 8.94. The fraction of sp³-hybridized carbons (Fsp3) is 0.941. The van der Waals surface area contributed by atoms with Crippen molar-refractivity contribution in [2.75, 3.05) is 12.9 Å². The van der Waals surface area contributed by atoms with Gasteiger partial charge in [-0.05, 0) is 34.6 Å². The molecular formula is C17H32O9S2. The molecule has 2 rings (SSSR count). The molecule has 166 valence electrons. The van der Waals surface area contributed by atoms with E-state index in [0.29, 0.717) is 6.29 Å². The Morgan fingerprint density at radius 1 is 1.07 bits per heavy atom. The summed E-state index contributed by atoms with van der Waals surface area (Å²) in [4.78, 5) is 10.8. The van der Waals surface area contributed by atoms with E-state index in [1.165, 1.54) is 6.92 Å². The molecule has 0 unspecified atom stereocenters. The number of carbonyl (C=O) groups excluding carboxylic acids is 1. The normalized spacial score (nSPS) is 33.6. The van der Waals surface area contributed by atoms with Crippen LogP contribution in [0.15, 0.2) is 0 Å². The van der Waals surface area contributed by atoms with Crippen molar-refractivity contribution < 1.29 is 41.4 Å². The van der Waals surface area contributed by atoms with E-state index in [-0.39, 0.29) is 24.1 Å². The second kappa shape index (κ2) is 9.69. The molecule has 0 spiro atoms. The summed E-state index contributed by atoms with van der Waals surface area (Å²) in [7, 11) is -3.58. The highest BCUT2D eigenvalue weighted by Gasteiger charge is 2.45. The summed E-state index contributed by atoms with van der Waals surface area (Å²) >= 11 is 4.27. The van der Waals surface area contributed by atoms with Crippen LogP contribution in [-0.2, 0) is 38.0 Å². The molecule has 2 aliphatic rings. The fourth-order valence-corrected chi connectivity index (χ4v) is 3.94. The van der Waals surface area contributed by atoms with Gasteiger partial charge in [0.25, 0.3) is 10.1 Å². The van der Waals surface area contributed by atoms with Gasteiger partial charge in [-0.25, -0.2) is 0 Å². The number of thiol groups is 1.